The number of piperidine rings is 1. The van der Waals surface area contributed by atoms with Crippen LogP contribution in [0.2, 0.25) is 0 Å². The highest BCUT2D eigenvalue weighted by atomic mass is 15.2. The molecule has 1 saturated heterocycles. The molecule has 1 aromatic heterocycles. The number of rotatable bonds is 2. The van der Waals surface area contributed by atoms with E-state index in [2.05, 4.69) is 47.9 Å². The molecule has 4 nitrogen and oxygen atoms in total. The highest BCUT2D eigenvalue weighted by Gasteiger charge is 2.18. The Kier molecular flexibility index (Phi) is 3.73. The smallest absolute Gasteiger partial charge is 0.225 e. The summed E-state index contributed by atoms with van der Waals surface area (Å²) in [6.07, 6.45) is 4.35. The maximum Gasteiger partial charge on any atom is 0.225 e. The zero-order valence-electron chi connectivity index (χ0n) is 11.9. The maximum absolute atomic E-state index is 4.61. The van der Waals surface area contributed by atoms with Gasteiger partial charge in [0.05, 0.1) is 0 Å². The van der Waals surface area contributed by atoms with Crippen LogP contribution in [0.25, 0.3) is 0 Å². The lowest BCUT2D eigenvalue weighted by atomic mass is 9.99. The van der Waals surface area contributed by atoms with E-state index in [-0.39, 0.29) is 5.54 Å². The average Bonchev–Trinajstić information content (AvgIpc) is 2.28. The molecule has 0 amide bonds. The molecule has 2 heterocycles. The Morgan fingerprint density at radius 1 is 1.28 bits per heavy atom. The van der Waals surface area contributed by atoms with E-state index in [4.69, 9.17) is 0 Å². The van der Waals surface area contributed by atoms with Crippen molar-refractivity contribution in [3.63, 3.8) is 0 Å². The van der Waals surface area contributed by atoms with Crippen LogP contribution in [-0.4, -0.2) is 28.6 Å². The summed E-state index contributed by atoms with van der Waals surface area (Å²) in [6, 6.07) is 2.00. The van der Waals surface area contributed by atoms with Crippen LogP contribution in [0.5, 0.6) is 0 Å². The van der Waals surface area contributed by atoms with Crippen molar-refractivity contribution in [3.8, 4) is 0 Å². The summed E-state index contributed by atoms with van der Waals surface area (Å²) in [6.45, 7) is 10.9. The van der Waals surface area contributed by atoms with Gasteiger partial charge in [0.1, 0.15) is 5.82 Å². The summed E-state index contributed by atoms with van der Waals surface area (Å²) in [4.78, 5) is 11.3. The Morgan fingerprint density at radius 3 is 2.56 bits per heavy atom. The summed E-state index contributed by atoms with van der Waals surface area (Å²) >= 11 is 0. The van der Waals surface area contributed by atoms with Gasteiger partial charge in [-0.05, 0) is 45.6 Å². The summed E-state index contributed by atoms with van der Waals surface area (Å²) in [5.41, 5.74) is -0.00493. The first-order valence-corrected chi connectivity index (χ1v) is 6.80. The lowest BCUT2D eigenvalue weighted by molar-refractivity contribution is 0.436. The quantitative estimate of drug-likeness (QED) is 0.873. The zero-order chi connectivity index (χ0) is 13.2. The SMILES string of the molecule is CC1CCN(c2ccnc(NC(C)(C)C)n2)CC1. The van der Waals surface area contributed by atoms with Gasteiger partial charge in [0, 0.05) is 24.8 Å². The standard InChI is InChI=1S/C14H24N4/c1-11-6-9-18(10-7-11)12-5-8-15-13(16-12)17-14(2,3)4/h5,8,11H,6-7,9-10H2,1-4H3,(H,15,16,17). The molecule has 0 spiro atoms. The average molecular weight is 248 g/mol. The van der Waals surface area contributed by atoms with Gasteiger partial charge in [-0.25, -0.2) is 4.98 Å². The molecule has 0 aromatic carbocycles. The number of anilines is 2. The first kappa shape index (κ1) is 13.1. The Balaban J connectivity index is 2.07. The van der Waals surface area contributed by atoms with Crippen LogP contribution >= 0.6 is 0 Å². The number of hydrogen-bond acceptors (Lipinski definition) is 4. The van der Waals surface area contributed by atoms with Gasteiger partial charge in [-0.2, -0.15) is 4.98 Å². The molecule has 1 N–H and O–H groups in total. The van der Waals surface area contributed by atoms with Crippen molar-refractivity contribution in [1.82, 2.24) is 9.97 Å². The molecular weight excluding hydrogens is 224 g/mol. The molecule has 1 aromatic rings. The maximum atomic E-state index is 4.61. The van der Waals surface area contributed by atoms with Crippen LogP contribution in [0.3, 0.4) is 0 Å². The monoisotopic (exact) mass is 248 g/mol. The molecule has 0 saturated carbocycles. The number of aromatic nitrogens is 2. The second kappa shape index (κ2) is 5.12. The second-order valence-corrected chi connectivity index (χ2v) is 6.28. The van der Waals surface area contributed by atoms with Crippen LogP contribution in [0.4, 0.5) is 11.8 Å². The molecule has 1 aliphatic heterocycles. The minimum Gasteiger partial charge on any atom is -0.356 e. The lowest BCUT2D eigenvalue weighted by Crippen LogP contribution is -2.34. The second-order valence-electron chi connectivity index (χ2n) is 6.28. The lowest BCUT2D eigenvalue weighted by Gasteiger charge is -2.31. The molecule has 4 heteroatoms. The van der Waals surface area contributed by atoms with Gasteiger partial charge >= 0.3 is 0 Å². The third kappa shape index (κ3) is 3.59. The molecule has 2 rings (SSSR count). The predicted molar refractivity (Wildman–Crippen MR) is 76.0 cm³/mol. The van der Waals surface area contributed by atoms with Crippen molar-refractivity contribution in [2.75, 3.05) is 23.3 Å². The fourth-order valence-electron chi connectivity index (χ4n) is 2.16. The van der Waals surface area contributed by atoms with Crippen molar-refractivity contribution in [1.29, 1.82) is 0 Å². The largest absolute Gasteiger partial charge is 0.356 e. The molecule has 0 unspecified atom stereocenters. The molecule has 0 bridgehead atoms. The van der Waals surface area contributed by atoms with Gasteiger partial charge < -0.3 is 10.2 Å². The molecule has 18 heavy (non-hydrogen) atoms. The number of nitrogens with zero attached hydrogens (tertiary/aromatic N) is 3. The van der Waals surface area contributed by atoms with Gasteiger partial charge in [-0.1, -0.05) is 6.92 Å². The summed E-state index contributed by atoms with van der Waals surface area (Å²) in [5.74, 6) is 2.61. The Morgan fingerprint density at radius 2 is 1.94 bits per heavy atom. The normalized spacial score (nSPS) is 17.9. The van der Waals surface area contributed by atoms with Crippen molar-refractivity contribution in [2.45, 2.75) is 46.1 Å². The van der Waals surface area contributed by atoms with Crippen molar-refractivity contribution in [2.24, 2.45) is 5.92 Å². The first-order chi connectivity index (χ1) is 8.44. The van der Waals surface area contributed by atoms with E-state index in [0.29, 0.717) is 0 Å². The molecule has 100 valence electrons. The van der Waals surface area contributed by atoms with Gasteiger partial charge in [0.25, 0.3) is 0 Å². The van der Waals surface area contributed by atoms with E-state index in [1.807, 2.05) is 12.3 Å². The molecule has 1 fully saturated rings. The van der Waals surface area contributed by atoms with E-state index in [0.717, 1.165) is 30.8 Å². The third-order valence-corrected chi connectivity index (χ3v) is 3.24. The van der Waals surface area contributed by atoms with Crippen molar-refractivity contribution < 1.29 is 0 Å². The van der Waals surface area contributed by atoms with E-state index in [1.165, 1.54) is 12.8 Å². The molecule has 0 atom stereocenters. The summed E-state index contributed by atoms with van der Waals surface area (Å²) < 4.78 is 0. The van der Waals surface area contributed by atoms with E-state index >= 15 is 0 Å². The number of hydrogen-bond donors (Lipinski definition) is 1. The van der Waals surface area contributed by atoms with Crippen LogP contribution in [0, 0.1) is 5.92 Å². The predicted octanol–water partition coefficient (Wildman–Crippen LogP) is 2.92. The van der Waals surface area contributed by atoms with Crippen LogP contribution in [-0.2, 0) is 0 Å². The highest BCUT2D eigenvalue weighted by Crippen LogP contribution is 2.22. The minimum atomic E-state index is -0.00493. The van der Waals surface area contributed by atoms with Gasteiger partial charge in [-0.15, -0.1) is 0 Å². The molecule has 1 aliphatic rings. The van der Waals surface area contributed by atoms with E-state index < -0.39 is 0 Å². The van der Waals surface area contributed by atoms with Gasteiger partial charge in [-0.3, -0.25) is 0 Å². The molecular formula is C14H24N4. The van der Waals surface area contributed by atoms with E-state index in [1.54, 1.807) is 0 Å². The van der Waals surface area contributed by atoms with Crippen molar-refractivity contribution in [3.05, 3.63) is 12.3 Å². The van der Waals surface area contributed by atoms with E-state index in [9.17, 15) is 0 Å². The highest BCUT2D eigenvalue weighted by molar-refractivity contribution is 5.43. The summed E-state index contributed by atoms with van der Waals surface area (Å²) in [7, 11) is 0. The van der Waals surface area contributed by atoms with Crippen LogP contribution in [0.15, 0.2) is 12.3 Å². The zero-order valence-corrected chi connectivity index (χ0v) is 11.9. The first-order valence-electron chi connectivity index (χ1n) is 6.80. The van der Waals surface area contributed by atoms with Gasteiger partial charge in [0.2, 0.25) is 5.95 Å². The fraction of sp³-hybridized carbons (Fsp3) is 0.714. The number of nitrogens with one attached hydrogen (secondary N) is 1. The Hall–Kier alpha value is -1.32. The van der Waals surface area contributed by atoms with Crippen molar-refractivity contribution >= 4 is 11.8 Å². The topological polar surface area (TPSA) is 41.1 Å². The van der Waals surface area contributed by atoms with Crippen LogP contribution < -0.4 is 10.2 Å². The molecule has 0 aliphatic carbocycles. The minimum absolute atomic E-state index is 0.00493. The summed E-state index contributed by atoms with van der Waals surface area (Å²) in [5, 5.41) is 3.32. The fourth-order valence-corrected chi connectivity index (χ4v) is 2.16. The molecule has 0 radical (unpaired) electrons. The third-order valence-electron chi connectivity index (χ3n) is 3.24. The Labute approximate surface area is 110 Å². The van der Waals surface area contributed by atoms with Crippen LogP contribution in [0.1, 0.15) is 40.5 Å². The van der Waals surface area contributed by atoms with Gasteiger partial charge in [0.15, 0.2) is 0 Å². The Bertz CT molecular complexity index is 389.